The molecule has 3 heterocycles. The Labute approximate surface area is 112 Å². The highest BCUT2D eigenvalue weighted by molar-refractivity contribution is 5.92. The molecule has 3 rings (SSSR count). The molecule has 6 heteroatoms. The lowest BCUT2D eigenvalue weighted by Gasteiger charge is -2.32. The van der Waals surface area contributed by atoms with Crippen molar-refractivity contribution in [3.05, 3.63) is 11.6 Å². The van der Waals surface area contributed by atoms with E-state index in [9.17, 15) is 9.59 Å². The molecular weight excluding hydrogens is 244 g/mol. The number of urea groups is 1. The molecule has 6 nitrogen and oxygen atoms in total. The number of hydrogen-bond donors (Lipinski definition) is 3. The number of carbonyl (C=O) groups is 2. The van der Waals surface area contributed by atoms with Gasteiger partial charge in [-0.15, -0.1) is 0 Å². The van der Waals surface area contributed by atoms with Crippen LogP contribution in [0.25, 0.3) is 0 Å². The first kappa shape index (κ1) is 12.5. The summed E-state index contributed by atoms with van der Waals surface area (Å²) >= 11 is 0. The molecule has 3 aliphatic heterocycles. The van der Waals surface area contributed by atoms with Crippen LogP contribution in [0.1, 0.15) is 19.8 Å². The summed E-state index contributed by atoms with van der Waals surface area (Å²) < 4.78 is 0. The van der Waals surface area contributed by atoms with Crippen LogP contribution >= 0.6 is 0 Å². The van der Waals surface area contributed by atoms with Gasteiger partial charge in [0.2, 0.25) is 5.91 Å². The summed E-state index contributed by atoms with van der Waals surface area (Å²) in [5.74, 6) is -0.0452. The molecule has 104 valence electrons. The highest BCUT2D eigenvalue weighted by Crippen LogP contribution is 2.23. The maximum absolute atomic E-state index is 12.4. The van der Waals surface area contributed by atoms with Crippen LogP contribution in [-0.4, -0.2) is 54.6 Å². The topological polar surface area (TPSA) is 73.5 Å². The van der Waals surface area contributed by atoms with Gasteiger partial charge in [0, 0.05) is 12.6 Å². The SMILES string of the molecule is CC1=C[C@@H]2CN(C(=O)N2)[C@@H]1C(=O)NC1CCNCC1. The summed E-state index contributed by atoms with van der Waals surface area (Å²) in [4.78, 5) is 25.9. The van der Waals surface area contributed by atoms with Crippen molar-refractivity contribution in [2.24, 2.45) is 0 Å². The molecule has 2 bridgehead atoms. The molecule has 0 unspecified atom stereocenters. The zero-order chi connectivity index (χ0) is 13.4. The molecule has 0 radical (unpaired) electrons. The van der Waals surface area contributed by atoms with Crippen molar-refractivity contribution in [2.75, 3.05) is 19.6 Å². The quantitative estimate of drug-likeness (QED) is 0.593. The second kappa shape index (κ2) is 4.85. The van der Waals surface area contributed by atoms with E-state index in [4.69, 9.17) is 0 Å². The van der Waals surface area contributed by atoms with Gasteiger partial charge in [0.1, 0.15) is 6.04 Å². The molecule has 0 aromatic carbocycles. The predicted molar refractivity (Wildman–Crippen MR) is 70.6 cm³/mol. The van der Waals surface area contributed by atoms with E-state index in [-0.39, 0.29) is 24.0 Å². The van der Waals surface area contributed by atoms with E-state index >= 15 is 0 Å². The number of carbonyl (C=O) groups excluding carboxylic acids is 2. The number of rotatable bonds is 2. The molecule has 3 aliphatic rings. The zero-order valence-corrected chi connectivity index (χ0v) is 11.1. The second-order valence-electron chi connectivity index (χ2n) is 5.55. The molecule has 0 aromatic rings. The van der Waals surface area contributed by atoms with Crippen molar-refractivity contribution in [3.8, 4) is 0 Å². The lowest BCUT2D eigenvalue weighted by atomic mass is 9.99. The van der Waals surface area contributed by atoms with E-state index < -0.39 is 6.04 Å². The Kier molecular flexibility index (Phi) is 3.18. The average Bonchev–Trinajstić information content (AvgIpc) is 2.66. The van der Waals surface area contributed by atoms with Crippen LogP contribution in [0.4, 0.5) is 4.79 Å². The second-order valence-corrected chi connectivity index (χ2v) is 5.55. The van der Waals surface area contributed by atoms with Crippen molar-refractivity contribution >= 4 is 11.9 Å². The van der Waals surface area contributed by atoms with E-state index in [1.807, 2.05) is 13.0 Å². The van der Waals surface area contributed by atoms with Crippen LogP contribution in [0.3, 0.4) is 0 Å². The summed E-state index contributed by atoms with van der Waals surface area (Å²) in [6.45, 7) is 4.40. The number of hydrogen-bond acceptors (Lipinski definition) is 3. The van der Waals surface area contributed by atoms with Crippen LogP contribution in [-0.2, 0) is 4.79 Å². The molecular formula is C13H20N4O2. The van der Waals surface area contributed by atoms with Gasteiger partial charge in [-0.25, -0.2) is 4.79 Å². The van der Waals surface area contributed by atoms with Crippen molar-refractivity contribution in [1.82, 2.24) is 20.9 Å². The molecule has 2 fully saturated rings. The Morgan fingerprint density at radius 1 is 1.42 bits per heavy atom. The fraction of sp³-hybridized carbons (Fsp3) is 0.692. The maximum Gasteiger partial charge on any atom is 0.318 e. The smallest absolute Gasteiger partial charge is 0.318 e. The van der Waals surface area contributed by atoms with Gasteiger partial charge in [0.25, 0.3) is 0 Å². The van der Waals surface area contributed by atoms with Crippen molar-refractivity contribution in [3.63, 3.8) is 0 Å². The van der Waals surface area contributed by atoms with E-state index in [1.54, 1.807) is 4.90 Å². The predicted octanol–water partition coefficient (Wildman–Crippen LogP) is -0.423. The van der Waals surface area contributed by atoms with E-state index in [0.717, 1.165) is 31.5 Å². The van der Waals surface area contributed by atoms with E-state index in [1.165, 1.54) is 0 Å². The third kappa shape index (κ3) is 2.32. The maximum atomic E-state index is 12.4. The summed E-state index contributed by atoms with van der Waals surface area (Å²) in [7, 11) is 0. The summed E-state index contributed by atoms with van der Waals surface area (Å²) in [6.07, 6.45) is 3.90. The van der Waals surface area contributed by atoms with Crippen LogP contribution in [0.15, 0.2) is 11.6 Å². The van der Waals surface area contributed by atoms with Gasteiger partial charge < -0.3 is 20.9 Å². The minimum Gasteiger partial charge on any atom is -0.351 e. The largest absolute Gasteiger partial charge is 0.351 e. The Balaban J connectivity index is 1.69. The lowest BCUT2D eigenvalue weighted by molar-refractivity contribution is -0.125. The van der Waals surface area contributed by atoms with Crippen LogP contribution in [0.5, 0.6) is 0 Å². The fourth-order valence-corrected chi connectivity index (χ4v) is 3.15. The van der Waals surface area contributed by atoms with E-state index in [0.29, 0.717) is 6.54 Å². The fourth-order valence-electron chi connectivity index (χ4n) is 3.15. The number of piperidine rings is 1. The Hall–Kier alpha value is -1.56. The molecule has 0 aromatic heterocycles. The summed E-state index contributed by atoms with van der Waals surface area (Å²) in [6, 6.07) is -0.280. The van der Waals surface area contributed by atoms with Crippen LogP contribution < -0.4 is 16.0 Å². The molecule has 3 N–H and O–H groups in total. The Morgan fingerprint density at radius 2 is 2.16 bits per heavy atom. The number of amides is 3. The number of nitrogens with zero attached hydrogens (tertiary/aromatic N) is 1. The van der Waals surface area contributed by atoms with Gasteiger partial charge in [-0.3, -0.25) is 4.79 Å². The monoisotopic (exact) mass is 264 g/mol. The Bertz CT molecular complexity index is 428. The third-order valence-electron chi connectivity index (χ3n) is 4.10. The van der Waals surface area contributed by atoms with Crippen LogP contribution in [0.2, 0.25) is 0 Å². The molecule has 2 saturated heterocycles. The molecule has 0 spiro atoms. The van der Waals surface area contributed by atoms with Gasteiger partial charge in [-0.2, -0.15) is 0 Å². The third-order valence-corrected chi connectivity index (χ3v) is 4.10. The van der Waals surface area contributed by atoms with Gasteiger partial charge in [0.05, 0.1) is 6.04 Å². The lowest BCUT2D eigenvalue weighted by Crippen LogP contribution is -2.53. The zero-order valence-electron chi connectivity index (χ0n) is 11.1. The van der Waals surface area contributed by atoms with Crippen molar-refractivity contribution in [1.29, 1.82) is 0 Å². The molecule has 2 atom stereocenters. The normalized spacial score (nSPS) is 30.9. The minimum atomic E-state index is -0.436. The van der Waals surface area contributed by atoms with Gasteiger partial charge in [-0.05, 0) is 38.4 Å². The summed E-state index contributed by atoms with van der Waals surface area (Å²) in [5.41, 5.74) is 0.959. The van der Waals surface area contributed by atoms with Crippen LogP contribution in [0, 0.1) is 0 Å². The van der Waals surface area contributed by atoms with Gasteiger partial charge in [-0.1, -0.05) is 6.08 Å². The first-order valence-corrected chi connectivity index (χ1v) is 6.91. The number of nitrogens with one attached hydrogen (secondary N) is 3. The van der Waals surface area contributed by atoms with E-state index in [2.05, 4.69) is 16.0 Å². The molecule has 0 saturated carbocycles. The van der Waals surface area contributed by atoms with Crippen molar-refractivity contribution in [2.45, 2.75) is 37.9 Å². The highest BCUT2D eigenvalue weighted by atomic mass is 16.2. The number of fused-ring (bicyclic) bond motifs is 2. The highest BCUT2D eigenvalue weighted by Gasteiger charge is 2.41. The first-order valence-electron chi connectivity index (χ1n) is 6.91. The van der Waals surface area contributed by atoms with Gasteiger partial charge in [0.15, 0.2) is 0 Å². The molecule has 3 amide bonds. The minimum absolute atomic E-state index is 0.0452. The van der Waals surface area contributed by atoms with Crippen molar-refractivity contribution < 1.29 is 9.59 Å². The molecule has 0 aliphatic carbocycles. The first-order chi connectivity index (χ1) is 9.15. The standard InChI is InChI=1S/C13H20N4O2/c1-8-6-10-7-17(13(19)16-10)11(8)12(18)15-9-2-4-14-5-3-9/h6,9-11,14H,2-5,7H2,1H3,(H,15,18)(H,16,19)/t10-,11+/m1/s1. The molecule has 19 heavy (non-hydrogen) atoms. The van der Waals surface area contributed by atoms with Gasteiger partial charge >= 0.3 is 6.03 Å². The summed E-state index contributed by atoms with van der Waals surface area (Å²) in [5, 5.41) is 9.21. The Morgan fingerprint density at radius 3 is 2.89 bits per heavy atom. The average molecular weight is 264 g/mol.